The first-order chi connectivity index (χ1) is 43.7. The van der Waals surface area contributed by atoms with E-state index >= 15 is 0 Å². The normalized spacial score (nSPS) is 10.9. The van der Waals surface area contributed by atoms with E-state index in [1.54, 1.807) is 59.6 Å². The molecule has 0 saturated carbocycles. The highest BCUT2D eigenvalue weighted by Crippen LogP contribution is 2.41. The molecule has 0 aliphatic rings. The van der Waals surface area contributed by atoms with Crippen molar-refractivity contribution in [2.45, 2.75) is 0 Å². The standard InChI is InChI=1S/C45H29N5S.C16H13BN2O2.C13H7Br2NS/c1-2-12-44-43(11-1)50-45(51-44)42-24-40(38-19-34(30-7-3-13-46-26-30)17-35(20-38)31-8-4-14-47-27-31)23-41(25-42)39-21-36(32-9-5-15-48-28-32)18-37(22-39)33-10-6-16-49-29-33;20-17(21)16-8-14(12-3-1-5-18-10-12)7-15(9-16)13-4-2-6-19-11-13;14-9-5-8(6-10(15)7-9)13-16-11-3-1-2-4-12(11)17-13/h1-29H;1-11,20-21H;1-7H. The molecular weight excluding hydrogens is 1270 g/mol. The van der Waals surface area contributed by atoms with Crippen LogP contribution in [0.15, 0.2) is 296 Å². The summed E-state index contributed by atoms with van der Waals surface area (Å²) in [5.41, 5.74) is 21.2. The predicted molar refractivity (Wildman–Crippen MR) is 372 cm³/mol. The Balaban J connectivity index is 0.000000155. The molecule has 15 rings (SSSR count). The topological polar surface area (TPSA) is 144 Å². The summed E-state index contributed by atoms with van der Waals surface area (Å²) in [4.78, 5) is 35.7. The molecule has 0 aliphatic carbocycles. The first-order valence-electron chi connectivity index (χ1n) is 28.3. The zero-order chi connectivity index (χ0) is 60.5. The first-order valence-corrected chi connectivity index (χ1v) is 31.5. The van der Waals surface area contributed by atoms with Crippen molar-refractivity contribution in [2.24, 2.45) is 0 Å². The number of benzene rings is 7. The molecule has 8 aromatic heterocycles. The van der Waals surface area contributed by atoms with E-state index in [0.717, 1.165) is 135 Å². The predicted octanol–water partition coefficient (Wildman–Crippen LogP) is 18.5. The third-order valence-electron chi connectivity index (χ3n) is 14.6. The molecule has 2 N–H and O–H groups in total. The van der Waals surface area contributed by atoms with Gasteiger partial charge in [0.25, 0.3) is 0 Å². The van der Waals surface area contributed by atoms with Crippen molar-refractivity contribution in [3.8, 4) is 110 Å². The van der Waals surface area contributed by atoms with Crippen molar-refractivity contribution >= 4 is 87.5 Å². The summed E-state index contributed by atoms with van der Waals surface area (Å²) in [6.45, 7) is 0. The summed E-state index contributed by atoms with van der Waals surface area (Å²) in [5.74, 6) is 0. The number of hydrogen-bond acceptors (Lipinski definition) is 12. The van der Waals surface area contributed by atoms with Crippen molar-refractivity contribution in [1.82, 2.24) is 39.9 Å². The molecule has 0 atom stereocenters. The quantitative estimate of drug-likeness (QED) is 0.120. The molecule has 0 aliphatic heterocycles. The van der Waals surface area contributed by atoms with E-state index < -0.39 is 7.12 Å². The minimum Gasteiger partial charge on any atom is -0.423 e. The number of para-hydroxylation sites is 2. The third kappa shape index (κ3) is 14.0. The Labute approximate surface area is 539 Å². The Morgan fingerprint density at radius 3 is 0.798 bits per heavy atom. The van der Waals surface area contributed by atoms with Gasteiger partial charge in [0, 0.05) is 117 Å². The van der Waals surface area contributed by atoms with Crippen LogP contribution in [0, 0.1) is 0 Å². The Morgan fingerprint density at radius 1 is 0.270 bits per heavy atom. The Morgan fingerprint density at radius 2 is 0.528 bits per heavy atom. The van der Waals surface area contributed by atoms with Crippen LogP contribution >= 0.6 is 54.5 Å². The van der Waals surface area contributed by atoms with E-state index in [0.29, 0.717) is 5.46 Å². The minimum absolute atomic E-state index is 0.440. The molecule has 0 amide bonds. The molecule has 0 saturated heterocycles. The van der Waals surface area contributed by atoms with Crippen LogP contribution in [0.4, 0.5) is 0 Å². The largest absolute Gasteiger partial charge is 0.488 e. The lowest BCUT2D eigenvalue weighted by molar-refractivity contribution is 0.426. The Kier molecular flexibility index (Phi) is 17.7. The van der Waals surface area contributed by atoms with Crippen LogP contribution in [0.2, 0.25) is 0 Å². The van der Waals surface area contributed by atoms with E-state index in [1.807, 2.05) is 135 Å². The van der Waals surface area contributed by atoms with Crippen LogP contribution in [0.25, 0.3) is 131 Å². The molecule has 7 aromatic carbocycles. The van der Waals surface area contributed by atoms with Gasteiger partial charge in [0.05, 0.1) is 20.4 Å². The van der Waals surface area contributed by atoms with Crippen molar-refractivity contribution in [1.29, 1.82) is 0 Å². The number of nitrogens with zero attached hydrogens (tertiary/aromatic N) is 8. The van der Waals surface area contributed by atoms with Crippen LogP contribution < -0.4 is 5.46 Å². The monoisotopic (exact) mass is 1310 g/mol. The van der Waals surface area contributed by atoms with Gasteiger partial charge in [-0.05, 0) is 212 Å². The molecule has 10 nitrogen and oxygen atoms in total. The maximum absolute atomic E-state index is 9.49. The fourth-order valence-electron chi connectivity index (χ4n) is 10.3. The van der Waals surface area contributed by atoms with Gasteiger partial charge in [-0.15, -0.1) is 22.7 Å². The van der Waals surface area contributed by atoms with Crippen LogP contribution in [0.5, 0.6) is 0 Å². The molecule has 0 radical (unpaired) electrons. The maximum Gasteiger partial charge on any atom is 0.488 e. The van der Waals surface area contributed by atoms with Crippen LogP contribution in [-0.4, -0.2) is 57.0 Å². The van der Waals surface area contributed by atoms with Crippen LogP contribution in [0.1, 0.15) is 0 Å². The molecule has 15 heteroatoms. The highest BCUT2D eigenvalue weighted by Gasteiger charge is 2.18. The molecule has 0 fully saturated rings. The lowest BCUT2D eigenvalue weighted by Crippen LogP contribution is -2.29. The average molecular weight is 1320 g/mol. The zero-order valence-electron chi connectivity index (χ0n) is 47.3. The van der Waals surface area contributed by atoms with E-state index in [1.165, 1.54) is 4.70 Å². The molecule has 89 heavy (non-hydrogen) atoms. The second-order valence-electron chi connectivity index (χ2n) is 20.7. The van der Waals surface area contributed by atoms with Crippen molar-refractivity contribution in [2.75, 3.05) is 0 Å². The van der Waals surface area contributed by atoms with Gasteiger partial charge in [-0.2, -0.15) is 0 Å². The molecule has 426 valence electrons. The maximum atomic E-state index is 9.49. The fraction of sp³-hybridized carbons (Fsp3) is 0. The summed E-state index contributed by atoms with van der Waals surface area (Å²) in [5, 5.41) is 21.0. The molecule has 15 aromatic rings. The molecule has 0 spiro atoms. The number of rotatable bonds is 11. The lowest BCUT2D eigenvalue weighted by Gasteiger charge is -2.15. The highest BCUT2D eigenvalue weighted by atomic mass is 79.9. The van der Waals surface area contributed by atoms with E-state index in [4.69, 9.17) is 4.98 Å². The summed E-state index contributed by atoms with van der Waals surface area (Å²) in [6, 6.07) is 72.4. The van der Waals surface area contributed by atoms with E-state index in [2.05, 4.69) is 182 Å². The SMILES string of the molecule is Brc1cc(Br)cc(-c2nc3ccccc3s2)c1.OB(O)c1cc(-c2cccnc2)cc(-c2cccnc2)c1.c1cncc(-c2cc(-c3cccnc3)cc(-c3cc(-c4cc(-c5cccnc5)cc(-c5cccnc5)c4)cc(-c4nc5ccccc5s4)c3)c2)c1. The smallest absolute Gasteiger partial charge is 0.423 e. The number of fused-ring (bicyclic) bond motifs is 2. The number of hydrogen-bond donors (Lipinski definition) is 2. The van der Waals surface area contributed by atoms with Gasteiger partial charge in [0.15, 0.2) is 0 Å². The molecular formula is C74H49BBr2N8O2S2. The fourth-order valence-corrected chi connectivity index (χ4v) is 13.5. The van der Waals surface area contributed by atoms with Gasteiger partial charge in [-0.25, -0.2) is 9.97 Å². The lowest BCUT2D eigenvalue weighted by atomic mass is 9.77. The Hall–Kier alpha value is -9.84. The van der Waals surface area contributed by atoms with Crippen LogP contribution in [-0.2, 0) is 0 Å². The van der Waals surface area contributed by atoms with Crippen LogP contribution in [0.3, 0.4) is 0 Å². The van der Waals surface area contributed by atoms with Gasteiger partial charge >= 0.3 is 7.12 Å². The number of pyridine rings is 6. The van der Waals surface area contributed by atoms with E-state index in [9.17, 15) is 10.0 Å². The van der Waals surface area contributed by atoms with Gasteiger partial charge in [0.1, 0.15) is 10.0 Å². The number of thiazole rings is 2. The second kappa shape index (κ2) is 27.1. The molecule has 0 bridgehead atoms. The summed E-state index contributed by atoms with van der Waals surface area (Å²) in [6.07, 6.45) is 21.8. The van der Waals surface area contributed by atoms with Gasteiger partial charge in [-0.1, -0.05) is 105 Å². The van der Waals surface area contributed by atoms with Crippen molar-refractivity contribution in [3.63, 3.8) is 0 Å². The minimum atomic E-state index is -1.52. The molecule has 8 heterocycles. The second-order valence-corrected chi connectivity index (χ2v) is 24.6. The number of aromatic nitrogens is 8. The third-order valence-corrected chi connectivity index (χ3v) is 17.7. The van der Waals surface area contributed by atoms with Crippen molar-refractivity contribution in [3.05, 3.63) is 296 Å². The summed E-state index contributed by atoms with van der Waals surface area (Å²) >= 11 is 10.4. The first kappa shape index (κ1) is 58.2. The Bertz CT molecular complexity index is 4510. The van der Waals surface area contributed by atoms with E-state index in [-0.39, 0.29) is 0 Å². The van der Waals surface area contributed by atoms with Gasteiger partial charge in [-0.3, -0.25) is 29.9 Å². The van der Waals surface area contributed by atoms with Gasteiger partial charge in [0.2, 0.25) is 0 Å². The zero-order valence-corrected chi connectivity index (χ0v) is 52.1. The van der Waals surface area contributed by atoms with Gasteiger partial charge < -0.3 is 10.0 Å². The summed E-state index contributed by atoms with van der Waals surface area (Å²) < 4.78 is 4.50. The average Bonchev–Trinajstić information content (AvgIpc) is 2.12. The number of halogens is 2. The highest BCUT2D eigenvalue weighted by molar-refractivity contribution is 9.11. The summed E-state index contributed by atoms with van der Waals surface area (Å²) in [7, 11) is -1.52. The molecule has 0 unspecified atom stereocenters. The van der Waals surface area contributed by atoms with Crippen molar-refractivity contribution < 1.29 is 10.0 Å².